The number of quaternary nitrogens is 1. The van der Waals surface area contributed by atoms with Crippen LogP contribution in [0.5, 0.6) is 11.5 Å². The van der Waals surface area contributed by atoms with Crippen LogP contribution in [0.1, 0.15) is 73.1 Å². The number of anilines is 2. The molecule has 0 amide bonds. The summed E-state index contributed by atoms with van der Waals surface area (Å²) in [7, 11) is 3.32. The van der Waals surface area contributed by atoms with E-state index in [-0.39, 0.29) is 28.3 Å². The third-order valence-electron chi connectivity index (χ3n) is 12.3. The molecule has 6 aliphatic rings. The van der Waals surface area contributed by atoms with Gasteiger partial charge in [0, 0.05) is 58.9 Å². The van der Waals surface area contributed by atoms with Gasteiger partial charge in [0.15, 0.2) is 11.0 Å². The van der Waals surface area contributed by atoms with E-state index in [4.69, 9.17) is 40.1 Å². The molecule has 2 fully saturated rings. The SMILES string of the molecule is Cc1cc(=O)c2c(O)c3c(cc2o1)O[C@@]1(C)CCSSCc2c(cc(C[NH+]4C=C5C=CN=C5C4)nc2N)-c2cc(cc(N)n2)CC[C@H]2O[C@@]24CCC[C@@H]3[C@H]1OC4=O. The predicted molar refractivity (Wildman–Crippen MR) is 219 cm³/mol. The summed E-state index contributed by atoms with van der Waals surface area (Å²) in [5, 5.41) is 11.8. The van der Waals surface area contributed by atoms with Crippen LogP contribution in [0, 0.1) is 6.92 Å². The molecular weight excluding hydrogens is 765 g/mol. The number of phenols is 1. The van der Waals surface area contributed by atoms with E-state index in [1.165, 1.54) is 11.0 Å². The minimum absolute atomic E-state index is 0.0968. The Morgan fingerprint density at radius 1 is 1.07 bits per heavy atom. The number of aromatic nitrogens is 2. The van der Waals surface area contributed by atoms with Crippen LogP contribution in [-0.2, 0) is 33.0 Å². The number of aryl methyl sites for hydroxylation is 2. The molecule has 1 unspecified atom stereocenters. The van der Waals surface area contributed by atoms with Crippen LogP contribution in [0.2, 0.25) is 0 Å². The molecular formula is C42H43N6O7S2+. The van der Waals surface area contributed by atoms with Crippen molar-refractivity contribution in [3.05, 3.63) is 92.7 Å². The molecule has 0 aliphatic carbocycles. The van der Waals surface area contributed by atoms with Gasteiger partial charge in [-0.15, -0.1) is 0 Å². The quantitative estimate of drug-likeness (QED) is 0.119. The molecule has 10 rings (SSSR count). The summed E-state index contributed by atoms with van der Waals surface area (Å²) in [6.45, 7) is 5.09. The van der Waals surface area contributed by atoms with Gasteiger partial charge in [0.05, 0.1) is 23.1 Å². The molecule has 6 N–H and O–H groups in total. The third-order valence-corrected chi connectivity index (χ3v) is 14.6. The Hall–Kier alpha value is -4.83. The normalized spacial score (nSPS) is 29.0. The van der Waals surface area contributed by atoms with Crippen LogP contribution in [-0.4, -0.2) is 62.5 Å². The first-order valence-corrected chi connectivity index (χ1v) is 21.9. The lowest BCUT2D eigenvalue weighted by molar-refractivity contribution is -0.848. The molecule has 2 saturated heterocycles. The Labute approximate surface area is 336 Å². The topological polar surface area (TPSA) is 193 Å². The number of aromatic hydroxyl groups is 1. The second-order valence-electron chi connectivity index (χ2n) is 16.2. The maximum absolute atomic E-state index is 14.3. The molecule has 1 aromatic carbocycles. The summed E-state index contributed by atoms with van der Waals surface area (Å²) in [5.74, 6) is 1.91. The lowest BCUT2D eigenvalue weighted by Crippen LogP contribution is -3.05. The third kappa shape index (κ3) is 6.30. The molecule has 0 saturated carbocycles. The Morgan fingerprint density at radius 3 is 2.81 bits per heavy atom. The summed E-state index contributed by atoms with van der Waals surface area (Å²) in [4.78, 5) is 42.8. The predicted octanol–water partition coefficient (Wildman–Crippen LogP) is 5.07. The van der Waals surface area contributed by atoms with Gasteiger partial charge < -0.3 is 35.2 Å². The summed E-state index contributed by atoms with van der Waals surface area (Å²) in [5.41, 5.74) is 18.2. The molecule has 3 aromatic heterocycles. The maximum atomic E-state index is 14.3. The molecule has 4 aromatic rings. The van der Waals surface area contributed by atoms with Gasteiger partial charge in [-0.25, -0.2) is 14.8 Å². The van der Waals surface area contributed by atoms with Crippen molar-refractivity contribution < 1.29 is 33.4 Å². The van der Waals surface area contributed by atoms with Crippen LogP contribution in [0.4, 0.5) is 11.6 Å². The summed E-state index contributed by atoms with van der Waals surface area (Å²) < 4.78 is 25.5. The number of nitrogens with two attached hydrogens (primary N) is 2. The maximum Gasteiger partial charge on any atom is 0.341 e. The van der Waals surface area contributed by atoms with E-state index in [0.29, 0.717) is 85.3 Å². The highest BCUT2D eigenvalue weighted by Gasteiger charge is 2.65. The zero-order valence-electron chi connectivity index (χ0n) is 31.6. The van der Waals surface area contributed by atoms with Crippen LogP contribution in [0.3, 0.4) is 0 Å². The first-order chi connectivity index (χ1) is 27.5. The number of hydrogen-bond donors (Lipinski definition) is 4. The molecule has 1 spiro atoms. The van der Waals surface area contributed by atoms with Crippen molar-refractivity contribution >= 4 is 55.9 Å². The van der Waals surface area contributed by atoms with Crippen molar-refractivity contribution in [1.82, 2.24) is 9.97 Å². The number of carbonyl (C=O) groups excluding carboxylic acids is 1. The molecule has 0 radical (unpaired) electrons. The molecule has 13 nitrogen and oxygen atoms in total. The van der Waals surface area contributed by atoms with Gasteiger partial charge in [0.1, 0.15) is 76.6 Å². The van der Waals surface area contributed by atoms with Crippen LogP contribution >= 0.6 is 21.6 Å². The summed E-state index contributed by atoms with van der Waals surface area (Å²) in [6.07, 6.45) is 8.40. The molecule has 57 heavy (non-hydrogen) atoms. The van der Waals surface area contributed by atoms with Gasteiger partial charge in [-0.3, -0.25) is 14.7 Å². The largest absolute Gasteiger partial charge is 0.507 e. The number of epoxide rings is 1. The van der Waals surface area contributed by atoms with Gasteiger partial charge >= 0.3 is 5.97 Å². The first kappa shape index (κ1) is 36.5. The fraction of sp³-hybridized carbons (Fsp3) is 0.405. The highest BCUT2D eigenvalue weighted by Crippen LogP contribution is 2.55. The molecule has 4 bridgehead atoms. The first-order valence-electron chi connectivity index (χ1n) is 19.5. The Bertz CT molecular complexity index is 2540. The fourth-order valence-electron chi connectivity index (χ4n) is 9.45. The highest BCUT2D eigenvalue weighted by molar-refractivity contribution is 8.76. The number of nitrogens with one attached hydrogen (secondary N) is 1. The number of phenolic OH excluding ortho intramolecular Hbond substituents is 1. The second kappa shape index (κ2) is 13.6. The minimum Gasteiger partial charge on any atom is -0.507 e. The molecule has 6 aliphatic heterocycles. The van der Waals surface area contributed by atoms with E-state index < -0.39 is 29.2 Å². The van der Waals surface area contributed by atoms with Gasteiger partial charge in [-0.05, 0) is 75.8 Å². The van der Waals surface area contributed by atoms with Crippen molar-refractivity contribution in [2.24, 2.45) is 4.99 Å². The number of nitrogens with zero attached hydrogens (tertiary/aromatic N) is 3. The van der Waals surface area contributed by atoms with Crippen molar-refractivity contribution in [3.63, 3.8) is 0 Å². The van der Waals surface area contributed by atoms with Crippen LogP contribution < -0.4 is 26.5 Å². The van der Waals surface area contributed by atoms with E-state index in [1.807, 2.05) is 25.3 Å². The molecule has 9 heterocycles. The van der Waals surface area contributed by atoms with Crippen LogP contribution in [0.25, 0.3) is 22.2 Å². The number of nitrogen functional groups attached to an aromatic ring is 2. The average molecular weight is 808 g/mol. The van der Waals surface area contributed by atoms with Crippen molar-refractivity contribution in [3.8, 4) is 22.8 Å². The van der Waals surface area contributed by atoms with E-state index in [0.717, 1.165) is 45.9 Å². The monoisotopic (exact) mass is 807 g/mol. The van der Waals surface area contributed by atoms with E-state index in [9.17, 15) is 14.7 Å². The van der Waals surface area contributed by atoms with Gasteiger partial charge in [0.25, 0.3) is 0 Å². The number of carbonyl (C=O) groups is 1. The Kier molecular flexibility index (Phi) is 8.74. The zero-order valence-corrected chi connectivity index (χ0v) is 33.3. The Balaban J connectivity index is 1.01. The van der Waals surface area contributed by atoms with Crippen molar-refractivity contribution in [1.29, 1.82) is 0 Å². The summed E-state index contributed by atoms with van der Waals surface area (Å²) >= 11 is 0. The van der Waals surface area contributed by atoms with E-state index in [2.05, 4.69) is 23.3 Å². The minimum atomic E-state index is -1.07. The lowest BCUT2D eigenvalue weighted by atomic mass is 9.74. The molecule has 6 atom stereocenters. The van der Waals surface area contributed by atoms with E-state index >= 15 is 0 Å². The number of esters is 1. The molecule has 294 valence electrons. The van der Waals surface area contributed by atoms with Gasteiger partial charge in [-0.2, -0.15) is 0 Å². The zero-order chi connectivity index (χ0) is 39.2. The number of ether oxygens (including phenoxy) is 3. The number of pyridine rings is 2. The standard InChI is InChI=1S/C42H42N6O7S2/c1-21-12-30(49)36-31(52-21)16-32-35(37(36)50)25-4-3-8-42-33(55-42)6-5-22-13-28(47-34(43)14-22)26-15-24(18-48-17-23-7-10-45-29(23)19-48)46-39(44)27(26)20-57-56-11-9-41(2,54-32)38(25)53-40(42)51/h7,10,12-17,25,33,38,50H,3-6,8-9,11,18-20H2,1-2H3,(H2,43,47)(H2,44,46)/p+1/t25-,33+,38+,41-,42-/m0/s1. The smallest absolute Gasteiger partial charge is 0.341 e. The second-order valence-corrected chi connectivity index (χ2v) is 18.7. The van der Waals surface area contributed by atoms with Gasteiger partial charge in [0.2, 0.25) is 0 Å². The number of aliphatic imine (C=N–C) groups is 1. The fourth-order valence-corrected chi connectivity index (χ4v) is 11.8. The average Bonchev–Trinajstić information content (AvgIpc) is 3.47. The van der Waals surface area contributed by atoms with Gasteiger partial charge in [-0.1, -0.05) is 21.6 Å². The van der Waals surface area contributed by atoms with Crippen molar-refractivity contribution in [2.75, 3.05) is 23.8 Å². The number of benzene rings is 1. The van der Waals surface area contributed by atoms with E-state index in [1.54, 1.807) is 34.6 Å². The number of hydrogen-bond acceptors (Lipinski definition) is 14. The van der Waals surface area contributed by atoms with Crippen LogP contribution in [0.15, 0.2) is 68.6 Å². The molecule has 15 heteroatoms. The Morgan fingerprint density at radius 2 is 1.95 bits per heavy atom. The number of allylic oxidation sites excluding steroid dienone is 1. The number of fused-ring (bicyclic) bond motifs is 9. The number of rotatable bonds is 2. The van der Waals surface area contributed by atoms with Crippen molar-refractivity contribution in [2.45, 2.75) is 94.0 Å². The highest BCUT2D eigenvalue weighted by atomic mass is 33.1. The summed E-state index contributed by atoms with van der Waals surface area (Å²) in [6, 6.07) is 9.10. The lowest BCUT2D eigenvalue weighted by Gasteiger charge is -2.47.